The van der Waals surface area contributed by atoms with E-state index in [0.29, 0.717) is 11.4 Å². The maximum Gasteiger partial charge on any atom is 0.214 e. The third kappa shape index (κ3) is 3.92. The van der Waals surface area contributed by atoms with Gasteiger partial charge in [-0.1, -0.05) is 23.5 Å². The summed E-state index contributed by atoms with van der Waals surface area (Å²) in [6.45, 7) is 3.55. The smallest absolute Gasteiger partial charge is 0.214 e. The average molecular weight is 417 g/mol. The third-order valence-electron chi connectivity index (χ3n) is 4.98. The van der Waals surface area contributed by atoms with Crippen molar-refractivity contribution < 1.29 is 9.53 Å². The van der Waals surface area contributed by atoms with Gasteiger partial charge in [0.05, 0.1) is 6.42 Å². The van der Waals surface area contributed by atoms with Crippen molar-refractivity contribution in [3.8, 4) is 16.5 Å². The molecule has 0 saturated carbocycles. The number of nitrogens with one attached hydrogen (secondary N) is 1. The molecular formula is C22H19N5O2S. The Balaban J connectivity index is 1.36. The highest BCUT2D eigenvalue weighted by atomic mass is 32.1. The fraction of sp³-hybridized carbons (Fsp3) is 0.227. The predicted molar refractivity (Wildman–Crippen MR) is 115 cm³/mol. The molecule has 0 amide bonds. The average Bonchev–Trinajstić information content (AvgIpc) is 3.17. The van der Waals surface area contributed by atoms with Crippen molar-refractivity contribution in [3.63, 3.8) is 0 Å². The van der Waals surface area contributed by atoms with Crippen LogP contribution in [0.4, 0.5) is 0 Å². The molecule has 0 radical (unpaired) electrons. The monoisotopic (exact) mass is 417 g/mol. The summed E-state index contributed by atoms with van der Waals surface area (Å²) < 4.78 is 5.75. The number of Topliss-reactive ketones (excluding diaryl/α,β-unsaturated/α-hetero) is 1. The van der Waals surface area contributed by atoms with Crippen molar-refractivity contribution in [2.24, 2.45) is 0 Å². The normalized spacial score (nSPS) is 13.9. The molecule has 5 rings (SSSR count). The van der Waals surface area contributed by atoms with E-state index in [9.17, 15) is 4.79 Å². The van der Waals surface area contributed by atoms with Crippen molar-refractivity contribution in [1.82, 2.24) is 25.5 Å². The first kappa shape index (κ1) is 18.8. The molecule has 1 aromatic carbocycles. The fourth-order valence-electron chi connectivity index (χ4n) is 3.26. The number of aromatic nitrogens is 4. The van der Waals surface area contributed by atoms with Gasteiger partial charge in [-0.25, -0.2) is 4.98 Å². The second-order valence-electron chi connectivity index (χ2n) is 7.24. The Bertz CT molecular complexity index is 1240. The first-order valence-corrected chi connectivity index (χ1v) is 10.5. The molecule has 1 aliphatic rings. The third-order valence-corrected chi connectivity index (χ3v) is 5.87. The molecule has 1 N–H and O–H groups in total. The highest BCUT2D eigenvalue weighted by molar-refractivity contribution is 7.14. The zero-order valence-corrected chi connectivity index (χ0v) is 17.1. The molecule has 30 heavy (non-hydrogen) atoms. The van der Waals surface area contributed by atoms with Gasteiger partial charge in [0.25, 0.3) is 0 Å². The number of aryl methyl sites for hydroxylation is 1. The summed E-state index contributed by atoms with van der Waals surface area (Å²) in [4.78, 5) is 21.5. The number of pyridine rings is 2. The van der Waals surface area contributed by atoms with Crippen molar-refractivity contribution in [2.45, 2.75) is 19.4 Å². The quantitative estimate of drug-likeness (QED) is 0.482. The summed E-state index contributed by atoms with van der Waals surface area (Å²) in [5.41, 5.74) is 2.31. The second kappa shape index (κ2) is 7.89. The zero-order valence-electron chi connectivity index (χ0n) is 16.3. The van der Waals surface area contributed by atoms with Gasteiger partial charge in [-0.3, -0.25) is 9.78 Å². The standard InChI is InChI=1S/C22H19N5O2S/c1-13-26-27-22(30-13)15-2-3-16-10-25-18(7-17(16)6-15)9-20(28)14-4-5-24-21(8-14)29-19-11-23-12-19/h2-8,10,19,23H,9,11-12H2,1H3. The van der Waals surface area contributed by atoms with E-state index in [0.717, 1.165) is 45.1 Å². The largest absolute Gasteiger partial charge is 0.472 e. The molecule has 0 unspecified atom stereocenters. The van der Waals surface area contributed by atoms with E-state index >= 15 is 0 Å². The van der Waals surface area contributed by atoms with E-state index in [4.69, 9.17) is 4.74 Å². The second-order valence-corrected chi connectivity index (χ2v) is 8.43. The number of carbonyl (C=O) groups excluding carboxylic acids is 1. The highest BCUT2D eigenvalue weighted by Crippen LogP contribution is 2.27. The number of hydrogen-bond acceptors (Lipinski definition) is 8. The van der Waals surface area contributed by atoms with Crippen molar-refractivity contribution in [1.29, 1.82) is 0 Å². The number of benzene rings is 1. The lowest BCUT2D eigenvalue weighted by Gasteiger charge is -2.27. The maximum absolute atomic E-state index is 12.8. The van der Waals surface area contributed by atoms with E-state index in [1.165, 1.54) is 0 Å². The highest BCUT2D eigenvalue weighted by Gasteiger charge is 2.19. The molecule has 0 spiro atoms. The molecule has 0 bridgehead atoms. The minimum Gasteiger partial charge on any atom is -0.472 e. The minimum atomic E-state index is -0.0169. The van der Waals surface area contributed by atoms with Crippen molar-refractivity contribution in [2.75, 3.05) is 13.1 Å². The Labute approximate surface area is 177 Å². The maximum atomic E-state index is 12.8. The van der Waals surface area contributed by atoms with Crippen LogP contribution in [0.3, 0.4) is 0 Å². The van der Waals surface area contributed by atoms with E-state index in [1.807, 2.05) is 25.1 Å². The molecule has 150 valence electrons. The molecule has 4 heterocycles. The van der Waals surface area contributed by atoms with Crippen molar-refractivity contribution in [3.05, 3.63) is 65.1 Å². The molecule has 1 aliphatic heterocycles. The van der Waals surface area contributed by atoms with Gasteiger partial charge in [0.1, 0.15) is 16.1 Å². The lowest BCUT2D eigenvalue weighted by molar-refractivity contribution is 0.0989. The molecule has 1 saturated heterocycles. The van der Waals surface area contributed by atoms with E-state index in [2.05, 4.69) is 31.5 Å². The van der Waals surface area contributed by atoms with Crippen LogP contribution in [0.25, 0.3) is 21.3 Å². The Kier molecular flexibility index (Phi) is 4.94. The van der Waals surface area contributed by atoms with Gasteiger partial charge in [0.2, 0.25) is 5.88 Å². The van der Waals surface area contributed by atoms with Crippen LogP contribution in [0.2, 0.25) is 0 Å². The Morgan fingerprint density at radius 2 is 2.03 bits per heavy atom. The van der Waals surface area contributed by atoms with Gasteiger partial charge in [-0.05, 0) is 30.5 Å². The molecular weight excluding hydrogens is 398 g/mol. The molecule has 0 atom stereocenters. The molecule has 7 nitrogen and oxygen atoms in total. The van der Waals surface area contributed by atoms with Crippen LogP contribution >= 0.6 is 11.3 Å². The summed E-state index contributed by atoms with van der Waals surface area (Å²) in [7, 11) is 0. The fourth-order valence-corrected chi connectivity index (χ4v) is 3.95. The Morgan fingerprint density at radius 1 is 1.13 bits per heavy atom. The number of rotatable bonds is 6. The number of nitrogens with zero attached hydrogens (tertiary/aromatic N) is 4. The molecule has 4 aromatic rings. The number of carbonyl (C=O) groups is 1. The number of ketones is 1. The lowest BCUT2D eigenvalue weighted by atomic mass is 10.0. The number of fused-ring (bicyclic) bond motifs is 1. The number of ether oxygens (including phenoxy) is 1. The van der Waals surface area contributed by atoms with Gasteiger partial charge in [-0.15, -0.1) is 10.2 Å². The zero-order chi connectivity index (χ0) is 20.5. The number of hydrogen-bond donors (Lipinski definition) is 1. The van der Waals surface area contributed by atoms with E-state index in [-0.39, 0.29) is 18.3 Å². The first-order valence-electron chi connectivity index (χ1n) is 9.70. The van der Waals surface area contributed by atoms with E-state index < -0.39 is 0 Å². The molecule has 0 aliphatic carbocycles. The molecule has 3 aromatic heterocycles. The van der Waals surface area contributed by atoms with E-state index in [1.54, 1.807) is 35.9 Å². The Hall–Kier alpha value is -3.23. The van der Waals surface area contributed by atoms with Crippen LogP contribution in [0.1, 0.15) is 21.1 Å². The summed E-state index contributed by atoms with van der Waals surface area (Å²) in [5, 5.41) is 15.3. The summed E-state index contributed by atoms with van der Waals surface area (Å²) in [6, 6.07) is 11.5. The lowest BCUT2D eigenvalue weighted by Crippen LogP contribution is -2.50. The minimum absolute atomic E-state index is 0.0169. The van der Waals surface area contributed by atoms with Crippen LogP contribution in [-0.4, -0.2) is 45.1 Å². The van der Waals surface area contributed by atoms with Crippen LogP contribution in [-0.2, 0) is 6.42 Å². The SMILES string of the molecule is Cc1nnc(-c2ccc3cnc(CC(=O)c4ccnc(OC5CNC5)c4)cc3c2)s1. The van der Waals surface area contributed by atoms with Crippen LogP contribution in [0, 0.1) is 6.92 Å². The van der Waals surface area contributed by atoms with Crippen LogP contribution in [0.15, 0.2) is 48.8 Å². The van der Waals surface area contributed by atoms with Crippen LogP contribution < -0.4 is 10.1 Å². The topological polar surface area (TPSA) is 89.9 Å². The summed E-state index contributed by atoms with van der Waals surface area (Å²) in [5.74, 6) is 0.465. The predicted octanol–water partition coefficient (Wildman–Crippen LogP) is 3.23. The van der Waals surface area contributed by atoms with Gasteiger partial charge >= 0.3 is 0 Å². The van der Waals surface area contributed by atoms with Gasteiger partial charge in [0, 0.05) is 53.8 Å². The summed E-state index contributed by atoms with van der Waals surface area (Å²) >= 11 is 1.56. The summed E-state index contributed by atoms with van der Waals surface area (Å²) in [6.07, 6.45) is 3.75. The van der Waals surface area contributed by atoms with Gasteiger partial charge in [-0.2, -0.15) is 0 Å². The van der Waals surface area contributed by atoms with Crippen LogP contribution in [0.5, 0.6) is 5.88 Å². The first-order chi connectivity index (χ1) is 14.6. The Morgan fingerprint density at radius 3 is 2.80 bits per heavy atom. The molecule has 1 fully saturated rings. The molecule has 8 heteroatoms. The van der Waals surface area contributed by atoms with Gasteiger partial charge in [0.15, 0.2) is 5.78 Å². The van der Waals surface area contributed by atoms with Crippen molar-refractivity contribution >= 4 is 27.9 Å². The van der Waals surface area contributed by atoms with Gasteiger partial charge < -0.3 is 10.1 Å².